The van der Waals surface area contributed by atoms with Crippen LogP contribution >= 0.6 is 46.6 Å². The van der Waals surface area contributed by atoms with Gasteiger partial charge in [0.15, 0.2) is 0 Å². The summed E-state index contributed by atoms with van der Waals surface area (Å²) in [5.41, 5.74) is 1.02. The molecule has 2 atom stereocenters. The number of hydrogen-bond donors (Lipinski definition) is 1. The van der Waals surface area contributed by atoms with Crippen LogP contribution in [0.3, 0.4) is 0 Å². The van der Waals surface area contributed by atoms with E-state index in [0.717, 1.165) is 13.0 Å². The Morgan fingerprint density at radius 3 is 1.51 bits per heavy atom. The van der Waals surface area contributed by atoms with E-state index >= 15 is 0 Å². The van der Waals surface area contributed by atoms with Crippen LogP contribution in [0.15, 0.2) is 30.3 Å². The maximum Gasteiger partial charge on any atom is 0.249 e. The second kappa shape index (κ2) is 22.7. The fraction of sp³-hybridized carbons (Fsp3) is 0.700. The fourth-order valence-electron chi connectivity index (χ4n) is 2.54. The molecule has 1 aliphatic rings. The Balaban J connectivity index is 0. The number of rotatable bonds is 14. The van der Waals surface area contributed by atoms with Gasteiger partial charge in [0, 0.05) is 20.4 Å². The molecule has 0 aliphatic carbocycles. The smallest absolute Gasteiger partial charge is 0.249 e. The summed E-state index contributed by atoms with van der Waals surface area (Å²) in [6, 6.07) is 10.3. The van der Waals surface area contributed by atoms with E-state index in [2.05, 4.69) is 12.1 Å². The summed E-state index contributed by atoms with van der Waals surface area (Å²) >= 11 is 13.9. The van der Waals surface area contributed by atoms with Crippen molar-refractivity contribution < 1.29 is 48.0 Å². The molecule has 1 aromatic carbocycles. The van der Waals surface area contributed by atoms with Gasteiger partial charge in [-0.1, -0.05) is 30.3 Å². The Hall–Kier alpha value is 1.89. The van der Waals surface area contributed by atoms with Crippen LogP contribution in [0.4, 0.5) is 0 Å². The third-order valence-electron chi connectivity index (χ3n) is 3.76. The number of halogens is 1. The molecule has 7 nitrogen and oxygen atoms in total. The maximum absolute atomic E-state index is 5.86. The largest absolute Gasteiger partial charge is 0.361 e. The summed E-state index contributed by atoms with van der Waals surface area (Å²) in [7, 11) is 0. The fourth-order valence-corrected chi connectivity index (χ4v) is 13.5. The Morgan fingerprint density at radius 2 is 1.20 bits per heavy atom. The van der Waals surface area contributed by atoms with Crippen LogP contribution in [0, 0.1) is 0 Å². The summed E-state index contributed by atoms with van der Waals surface area (Å²) in [5, 5.41) is 0. The minimum atomic E-state index is -2.49. The first-order valence-corrected chi connectivity index (χ1v) is 19.2. The van der Waals surface area contributed by atoms with Gasteiger partial charge in [-0.3, -0.25) is 0 Å². The Morgan fingerprint density at radius 1 is 0.829 bits per heavy atom. The zero-order valence-corrected chi connectivity index (χ0v) is 27.9. The van der Waals surface area contributed by atoms with Crippen molar-refractivity contribution in [1.82, 2.24) is 0 Å². The topological polar surface area (TPSA) is 81.4 Å². The predicted octanol–water partition coefficient (Wildman–Crippen LogP) is 6.35. The van der Waals surface area contributed by atoms with Gasteiger partial charge in [-0.05, 0) is 92.6 Å². The van der Waals surface area contributed by atoms with Gasteiger partial charge in [-0.15, -0.1) is 12.4 Å². The first-order chi connectivity index (χ1) is 15.8. The Labute approximate surface area is 249 Å². The third-order valence-corrected chi connectivity index (χ3v) is 14.8. The number of benzene rings is 1. The van der Waals surface area contributed by atoms with Crippen LogP contribution in [0.1, 0.15) is 33.3 Å². The van der Waals surface area contributed by atoms with Crippen LogP contribution in [0.5, 0.6) is 0 Å². The standard InChI is InChI=1S/C12H26O6P2S4.C8H11N.ClH.Pd/c1-5-15-19(21,16-6-2)23-11-12(14-10-9-13-11)24-20(22,17-7-3)18-8-4;9-7-6-8-4-2-1-3-5-8;;/h11-12H,5-10H2,1-4H3;1-5H,6-7,9H2;1H;. The molecule has 1 saturated heterocycles. The van der Waals surface area contributed by atoms with Crippen LogP contribution in [-0.2, 0) is 78.0 Å². The molecule has 210 valence electrons. The summed E-state index contributed by atoms with van der Waals surface area (Å²) in [5.74, 6) is 0. The van der Waals surface area contributed by atoms with Crippen LogP contribution in [0.2, 0.25) is 0 Å². The average Bonchev–Trinajstić information content (AvgIpc) is 2.77. The number of nitrogens with two attached hydrogens (primary N) is 1. The van der Waals surface area contributed by atoms with Crippen LogP contribution < -0.4 is 5.73 Å². The summed E-state index contributed by atoms with van der Waals surface area (Å²) in [6.07, 6.45) is 0.987. The minimum absolute atomic E-state index is 0. The summed E-state index contributed by atoms with van der Waals surface area (Å²) < 4.78 is 34.5. The third kappa shape index (κ3) is 16.6. The first kappa shape index (κ1) is 39.0. The molecule has 1 fully saturated rings. The van der Waals surface area contributed by atoms with Crippen molar-refractivity contribution >= 4 is 70.2 Å². The van der Waals surface area contributed by atoms with Crippen molar-refractivity contribution in [2.75, 3.05) is 46.2 Å². The van der Waals surface area contributed by atoms with Gasteiger partial charge in [0.25, 0.3) is 0 Å². The van der Waals surface area contributed by atoms with Crippen molar-refractivity contribution in [3.8, 4) is 0 Å². The van der Waals surface area contributed by atoms with Gasteiger partial charge >= 0.3 is 0 Å². The van der Waals surface area contributed by atoms with E-state index in [1.54, 1.807) is 0 Å². The molecule has 0 amide bonds. The van der Waals surface area contributed by atoms with Gasteiger partial charge in [0.05, 0.1) is 39.6 Å². The normalized spacial score (nSPS) is 18.0. The quantitative estimate of drug-likeness (QED) is 0.173. The molecule has 2 N–H and O–H groups in total. The van der Waals surface area contributed by atoms with E-state index in [4.69, 9.17) is 56.9 Å². The SMILES string of the molecule is CCOP(=S)(OCC)SC1OCCOC1SP(=S)(OCC)OCC.Cl.NCCc1ccccc1.[Pd]. The summed E-state index contributed by atoms with van der Waals surface area (Å²) in [6.45, 7) is 11.3. The molecule has 2 rings (SSSR count). The molecule has 2 unspecified atom stereocenters. The van der Waals surface area contributed by atoms with E-state index in [1.807, 2.05) is 45.9 Å². The van der Waals surface area contributed by atoms with Crippen LogP contribution in [-0.4, -0.2) is 57.1 Å². The Bertz CT molecular complexity index is 687. The first-order valence-electron chi connectivity index (χ1n) is 11.0. The van der Waals surface area contributed by atoms with E-state index in [1.165, 1.54) is 28.3 Å². The Kier molecular flexibility index (Phi) is 25.3. The van der Waals surface area contributed by atoms with Gasteiger partial charge in [-0.2, -0.15) is 0 Å². The molecule has 0 aromatic heterocycles. The molecule has 35 heavy (non-hydrogen) atoms. The second-order valence-corrected chi connectivity index (χ2v) is 18.9. The zero-order chi connectivity index (χ0) is 24.6. The minimum Gasteiger partial charge on any atom is -0.361 e. The molecule has 1 heterocycles. The van der Waals surface area contributed by atoms with E-state index in [-0.39, 0.29) is 43.7 Å². The van der Waals surface area contributed by atoms with E-state index in [0.29, 0.717) is 39.6 Å². The molecular weight excluding hydrogens is 682 g/mol. The van der Waals surface area contributed by atoms with E-state index in [9.17, 15) is 0 Å². The average molecular weight is 721 g/mol. The number of ether oxygens (including phenoxy) is 2. The van der Waals surface area contributed by atoms with E-state index < -0.39 is 11.4 Å². The van der Waals surface area contributed by atoms with Crippen LogP contribution in [0.25, 0.3) is 0 Å². The molecule has 0 bridgehead atoms. The zero-order valence-electron chi connectivity index (χ0n) is 20.5. The molecule has 0 saturated carbocycles. The number of hydrogen-bond acceptors (Lipinski definition) is 11. The second-order valence-electron chi connectivity index (χ2n) is 6.28. The van der Waals surface area contributed by atoms with Gasteiger partial charge < -0.3 is 33.3 Å². The van der Waals surface area contributed by atoms with Crippen molar-refractivity contribution in [3.05, 3.63) is 35.9 Å². The summed E-state index contributed by atoms with van der Waals surface area (Å²) in [4.78, 5) is 0. The van der Waals surface area contributed by atoms with Crippen molar-refractivity contribution in [2.45, 2.75) is 45.0 Å². The molecule has 15 heteroatoms. The van der Waals surface area contributed by atoms with Crippen molar-refractivity contribution in [3.63, 3.8) is 0 Å². The van der Waals surface area contributed by atoms with Crippen molar-refractivity contribution in [2.24, 2.45) is 5.73 Å². The molecule has 1 aromatic rings. The maximum atomic E-state index is 5.86. The van der Waals surface area contributed by atoms with Gasteiger partial charge in [0.2, 0.25) is 11.4 Å². The monoisotopic (exact) mass is 719 g/mol. The predicted molar refractivity (Wildman–Crippen MR) is 156 cm³/mol. The van der Waals surface area contributed by atoms with Gasteiger partial charge in [0.1, 0.15) is 10.9 Å². The molecular formula is C20H38ClNO6P2PdS4. The molecule has 0 spiro atoms. The molecule has 1 aliphatic heterocycles. The molecule has 0 radical (unpaired) electrons. The van der Waals surface area contributed by atoms with Crippen molar-refractivity contribution in [1.29, 1.82) is 0 Å². The van der Waals surface area contributed by atoms with Gasteiger partial charge in [-0.25, -0.2) is 0 Å².